The van der Waals surface area contributed by atoms with Crippen molar-refractivity contribution in [3.8, 4) is 5.75 Å². The molecule has 1 N–H and O–H groups in total. The van der Waals surface area contributed by atoms with Crippen LogP contribution in [0, 0.1) is 0 Å². The van der Waals surface area contributed by atoms with Crippen molar-refractivity contribution in [2.75, 3.05) is 25.5 Å². The third-order valence-corrected chi connectivity index (χ3v) is 4.43. The molecular formula is C16H16ClNO6S. The Hall–Kier alpha value is -2.19. The Morgan fingerprint density at radius 1 is 1.40 bits per heavy atom. The summed E-state index contributed by atoms with van der Waals surface area (Å²) >= 11 is 7.00. The number of amides is 1. The van der Waals surface area contributed by atoms with Crippen LogP contribution in [0.15, 0.2) is 29.3 Å². The molecule has 0 unspecified atom stereocenters. The first-order valence-electron chi connectivity index (χ1n) is 7.39. The minimum absolute atomic E-state index is 0.0584. The molecule has 1 aliphatic rings. The zero-order valence-electron chi connectivity index (χ0n) is 13.4. The van der Waals surface area contributed by atoms with Crippen LogP contribution in [0.2, 0.25) is 5.02 Å². The van der Waals surface area contributed by atoms with Gasteiger partial charge in [0.2, 0.25) is 5.91 Å². The second kappa shape index (κ2) is 8.77. The quantitative estimate of drug-likeness (QED) is 0.592. The highest BCUT2D eigenvalue weighted by Crippen LogP contribution is 2.28. The second-order valence-electron chi connectivity index (χ2n) is 4.87. The van der Waals surface area contributed by atoms with Crippen LogP contribution < -0.4 is 0 Å². The van der Waals surface area contributed by atoms with Gasteiger partial charge >= 0.3 is 11.9 Å². The number of rotatable bonds is 6. The van der Waals surface area contributed by atoms with E-state index < -0.39 is 11.9 Å². The van der Waals surface area contributed by atoms with Crippen LogP contribution in [0.4, 0.5) is 0 Å². The molecule has 1 heterocycles. The van der Waals surface area contributed by atoms with Crippen molar-refractivity contribution in [3.05, 3.63) is 39.9 Å². The molecule has 1 amide bonds. The summed E-state index contributed by atoms with van der Waals surface area (Å²) in [6.07, 6.45) is 1.24. The lowest BCUT2D eigenvalue weighted by Crippen LogP contribution is -2.29. The number of phenols is 1. The molecule has 2 rings (SSSR count). The smallest absolute Gasteiger partial charge is 0.342 e. The van der Waals surface area contributed by atoms with Crippen molar-refractivity contribution in [1.82, 2.24) is 4.90 Å². The van der Waals surface area contributed by atoms with Gasteiger partial charge in [0.05, 0.1) is 30.0 Å². The largest absolute Gasteiger partial charge is 0.507 e. The monoisotopic (exact) mass is 385 g/mol. The first kappa shape index (κ1) is 19.1. The Morgan fingerprint density at radius 3 is 2.88 bits per heavy atom. The normalized spacial score (nSPS) is 15.5. The van der Waals surface area contributed by atoms with E-state index in [1.165, 1.54) is 40.9 Å². The molecular weight excluding hydrogens is 370 g/mol. The van der Waals surface area contributed by atoms with Crippen LogP contribution >= 0.6 is 23.4 Å². The number of hydrogen-bond acceptors (Lipinski definition) is 7. The Morgan fingerprint density at radius 2 is 2.16 bits per heavy atom. The highest BCUT2D eigenvalue weighted by molar-refractivity contribution is 8.04. The van der Waals surface area contributed by atoms with Crippen LogP contribution in [0.1, 0.15) is 17.3 Å². The number of halogens is 1. The van der Waals surface area contributed by atoms with Crippen molar-refractivity contribution in [3.63, 3.8) is 0 Å². The fourth-order valence-corrected chi connectivity index (χ4v) is 3.16. The van der Waals surface area contributed by atoms with Crippen LogP contribution in [0.5, 0.6) is 5.75 Å². The Balaban J connectivity index is 1.95. The molecule has 1 aromatic carbocycles. The number of carbonyl (C=O) groups is 3. The molecule has 1 fully saturated rings. The van der Waals surface area contributed by atoms with E-state index in [1.54, 1.807) is 6.92 Å². The van der Waals surface area contributed by atoms with E-state index in [0.29, 0.717) is 5.03 Å². The Bertz CT molecular complexity index is 721. The van der Waals surface area contributed by atoms with Gasteiger partial charge in [-0.15, -0.1) is 0 Å². The van der Waals surface area contributed by atoms with Crippen LogP contribution in [-0.4, -0.2) is 53.4 Å². The summed E-state index contributed by atoms with van der Waals surface area (Å²) in [5.41, 5.74) is -0.0584. The van der Waals surface area contributed by atoms with Gasteiger partial charge in [-0.3, -0.25) is 4.79 Å². The molecule has 1 aromatic rings. The van der Waals surface area contributed by atoms with E-state index in [0.717, 1.165) is 0 Å². The van der Waals surface area contributed by atoms with Crippen molar-refractivity contribution in [1.29, 1.82) is 0 Å². The van der Waals surface area contributed by atoms with Crippen LogP contribution in [0.3, 0.4) is 0 Å². The third kappa shape index (κ3) is 5.14. The van der Waals surface area contributed by atoms with Gasteiger partial charge in [0.25, 0.3) is 0 Å². The zero-order chi connectivity index (χ0) is 18.4. The van der Waals surface area contributed by atoms with Gasteiger partial charge in [-0.1, -0.05) is 23.4 Å². The molecule has 7 nitrogen and oxygen atoms in total. The molecule has 9 heteroatoms. The second-order valence-corrected chi connectivity index (χ2v) is 6.30. The summed E-state index contributed by atoms with van der Waals surface area (Å²) < 4.78 is 9.89. The third-order valence-electron chi connectivity index (χ3n) is 3.17. The zero-order valence-corrected chi connectivity index (χ0v) is 14.9. The van der Waals surface area contributed by atoms with Gasteiger partial charge in [0, 0.05) is 5.02 Å². The molecule has 25 heavy (non-hydrogen) atoms. The highest BCUT2D eigenvalue weighted by Gasteiger charge is 2.27. The number of ether oxygens (including phenoxy) is 2. The maximum atomic E-state index is 12.0. The summed E-state index contributed by atoms with van der Waals surface area (Å²) in [6, 6.07) is 4.03. The Labute approximate surface area is 153 Å². The molecule has 0 aromatic heterocycles. The number of benzene rings is 1. The minimum atomic E-state index is -0.754. The van der Waals surface area contributed by atoms with E-state index in [-0.39, 0.29) is 47.8 Å². The summed E-state index contributed by atoms with van der Waals surface area (Å²) in [4.78, 5) is 36.7. The predicted octanol–water partition coefficient (Wildman–Crippen LogP) is 2.18. The number of aromatic hydroxyl groups is 1. The lowest BCUT2D eigenvalue weighted by molar-refractivity contribution is -0.137. The van der Waals surface area contributed by atoms with E-state index in [1.807, 2.05) is 0 Å². The maximum Gasteiger partial charge on any atom is 0.342 e. The fraction of sp³-hybridized carbons (Fsp3) is 0.312. The van der Waals surface area contributed by atoms with Gasteiger partial charge in [-0.05, 0) is 25.1 Å². The molecule has 1 aliphatic heterocycles. The van der Waals surface area contributed by atoms with Crippen molar-refractivity contribution in [2.45, 2.75) is 6.92 Å². The summed E-state index contributed by atoms with van der Waals surface area (Å²) in [7, 11) is 0. The molecule has 1 saturated heterocycles. The van der Waals surface area contributed by atoms with E-state index in [2.05, 4.69) is 0 Å². The van der Waals surface area contributed by atoms with Crippen LogP contribution in [0.25, 0.3) is 0 Å². The van der Waals surface area contributed by atoms with Crippen molar-refractivity contribution >= 4 is 41.2 Å². The van der Waals surface area contributed by atoms with Crippen molar-refractivity contribution < 1.29 is 29.0 Å². The molecule has 0 saturated carbocycles. The number of nitrogens with zero attached hydrogens (tertiary/aromatic N) is 1. The van der Waals surface area contributed by atoms with Gasteiger partial charge in [-0.25, -0.2) is 9.59 Å². The van der Waals surface area contributed by atoms with E-state index >= 15 is 0 Å². The summed E-state index contributed by atoms with van der Waals surface area (Å²) in [5, 5.41) is 10.4. The lowest BCUT2D eigenvalue weighted by atomic mass is 10.2. The predicted molar refractivity (Wildman–Crippen MR) is 92.3 cm³/mol. The molecule has 0 atom stereocenters. The maximum absolute atomic E-state index is 12.0. The molecule has 134 valence electrons. The van der Waals surface area contributed by atoms with Gasteiger partial charge in [0.1, 0.15) is 17.9 Å². The Kier molecular flexibility index (Phi) is 6.72. The molecule has 0 radical (unpaired) electrons. The summed E-state index contributed by atoms with van der Waals surface area (Å²) in [6.45, 7) is 1.91. The number of phenolic OH excluding ortho intramolecular Hbond substituents is 1. The van der Waals surface area contributed by atoms with Gasteiger partial charge < -0.3 is 19.5 Å². The molecule has 0 bridgehead atoms. The number of thioether (sulfide) groups is 1. The number of carbonyl (C=O) groups excluding carboxylic acids is 3. The van der Waals surface area contributed by atoms with E-state index in [4.69, 9.17) is 21.1 Å². The van der Waals surface area contributed by atoms with Gasteiger partial charge in [0.15, 0.2) is 0 Å². The average Bonchev–Trinajstić information content (AvgIpc) is 2.90. The fourth-order valence-electron chi connectivity index (χ4n) is 2.03. The summed E-state index contributed by atoms with van der Waals surface area (Å²) in [5.74, 6) is -1.53. The first-order valence-corrected chi connectivity index (χ1v) is 8.76. The lowest BCUT2D eigenvalue weighted by Gasteiger charge is -2.17. The van der Waals surface area contributed by atoms with Crippen LogP contribution in [-0.2, 0) is 19.1 Å². The minimum Gasteiger partial charge on any atom is -0.507 e. The van der Waals surface area contributed by atoms with Gasteiger partial charge in [-0.2, -0.15) is 0 Å². The SMILES string of the molecule is CCOC(=O)/C=C1\SCC(=O)N1CCOC(=O)c1cc(Cl)ccc1O. The number of esters is 2. The first-order chi connectivity index (χ1) is 11.9. The highest BCUT2D eigenvalue weighted by atomic mass is 35.5. The van der Waals surface area contributed by atoms with E-state index in [9.17, 15) is 19.5 Å². The standard InChI is InChI=1S/C16H16ClNO6S/c1-2-23-15(21)8-14-18(13(20)9-25-14)5-6-24-16(22)11-7-10(17)3-4-12(11)19/h3-4,7-8,19H,2,5-6,9H2,1H3/b14-8-. The number of hydrogen-bond donors (Lipinski definition) is 1. The molecule has 0 spiro atoms. The average molecular weight is 386 g/mol. The molecule has 0 aliphatic carbocycles. The topological polar surface area (TPSA) is 93.1 Å². The van der Waals surface area contributed by atoms with Crippen molar-refractivity contribution in [2.24, 2.45) is 0 Å².